The number of hydrogen-bond acceptors (Lipinski definition) is 7. The van der Waals surface area contributed by atoms with Crippen molar-refractivity contribution in [3.63, 3.8) is 0 Å². The fourth-order valence-corrected chi connectivity index (χ4v) is 3.56. The molecule has 1 saturated heterocycles. The molecule has 184 valence electrons. The SMILES string of the molecule is CC(C)CO.CCOc1ccc(Cc2cc(C3OC(CO)[C@@H](O)C(O)[C@H]3O)ccc2Cl)cc1. The number of ether oxygens (including phenoxy) is 2. The minimum Gasteiger partial charge on any atom is -0.494 e. The van der Waals surface area contributed by atoms with E-state index in [1.165, 1.54) is 0 Å². The van der Waals surface area contributed by atoms with Crippen molar-refractivity contribution in [1.82, 2.24) is 0 Å². The molecular formula is C25H35ClO7. The number of aliphatic hydroxyl groups excluding tert-OH is 5. The number of halogens is 1. The largest absolute Gasteiger partial charge is 0.494 e. The van der Waals surface area contributed by atoms with Gasteiger partial charge in [0, 0.05) is 11.6 Å². The summed E-state index contributed by atoms with van der Waals surface area (Å²) in [6.07, 6.45) is -5.39. The third kappa shape index (κ3) is 7.65. The van der Waals surface area contributed by atoms with E-state index in [1.807, 2.05) is 51.1 Å². The number of aliphatic hydroxyl groups is 5. The molecule has 1 aliphatic heterocycles. The maximum Gasteiger partial charge on any atom is 0.119 e. The Hall–Kier alpha value is -1.71. The van der Waals surface area contributed by atoms with Gasteiger partial charge in [-0.1, -0.05) is 49.7 Å². The Morgan fingerprint density at radius 1 is 0.970 bits per heavy atom. The first kappa shape index (κ1) is 27.5. The van der Waals surface area contributed by atoms with Crippen molar-refractivity contribution in [2.75, 3.05) is 19.8 Å². The molecule has 7 nitrogen and oxygen atoms in total. The van der Waals surface area contributed by atoms with Gasteiger partial charge >= 0.3 is 0 Å². The van der Waals surface area contributed by atoms with E-state index in [9.17, 15) is 20.4 Å². The lowest BCUT2D eigenvalue weighted by molar-refractivity contribution is -0.231. The maximum absolute atomic E-state index is 10.3. The highest BCUT2D eigenvalue weighted by atomic mass is 35.5. The van der Waals surface area contributed by atoms with E-state index in [0.717, 1.165) is 16.9 Å². The van der Waals surface area contributed by atoms with Crippen LogP contribution in [0.3, 0.4) is 0 Å². The van der Waals surface area contributed by atoms with Gasteiger partial charge in [-0.15, -0.1) is 0 Å². The van der Waals surface area contributed by atoms with Gasteiger partial charge in [-0.05, 0) is 54.2 Å². The number of benzene rings is 2. The van der Waals surface area contributed by atoms with E-state index in [4.69, 9.17) is 26.2 Å². The van der Waals surface area contributed by atoms with Crippen molar-refractivity contribution in [3.8, 4) is 5.75 Å². The fourth-order valence-electron chi connectivity index (χ4n) is 3.37. The molecular weight excluding hydrogens is 448 g/mol. The monoisotopic (exact) mass is 482 g/mol. The van der Waals surface area contributed by atoms with Gasteiger partial charge in [0.05, 0.1) is 13.2 Å². The van der Waals surface area contributed by atoms with Gasteiger partial charge < -0.3 is 35.0 Å². The predicted octanol–water partition coefficient (Wildman–Crippen LogP) is 2.48. The van der Waals surface area contributed by atoms with Crippen molar-refractivity contribution in [1.29, 1.82) is 0 Å². The lowest BCUT2D eigenvalue weighted by Gasteiger charge is -2.40. The summed E-state index contributed by atoms with van der Waals surface area (Å²) in [7, 11) is 0. The summed E-state index contributed by atoms with van der Waals surface area (Å²) in [5.41, 5.74) is 2.49. The molecule has 2 aromatic rings. The molecule has 3 unspecified atom stereocenters. The van der Waals surface area contributed by atoms with E-state index >= 15 is 0 Å². The number of rotatable bonds is 7. The normalized spacial score (nSPS) is 24.8. The summed E-state index contributed by atoms with van der Waals surface area (Å²) in [5.74, 6) is 1.24. The molecule has 0 bridgehead atoms. The molecule has 0 saturated carbocycles. The Morgan fingerprint density at radius 2 is 1.61 bits per heavy atom. The van der Waals surface area contributed by atoms with Crippen LogP contribution in [0.5, 0.6) is 5.75 Å². The molecule has 1 aliphatic rings. The summed E-state index contributed by atoms with van der Waals surface area (Å²) >= 11 is 6.35. The second kappa shape index (κ2) is 13.2. The van der Waals surface area contributed by atoms with Gasteiger partial charge in [0.2, 0.25) is 0 Å². The quantitative estimate of drug-likeness (QED) is 0.411. The van der Waals surface area contributed by atoms with Crippen molar-refractivity contribution >= 4 is 11.6 Å². The standard InChI is InChI=1S/C21H25ClO6.C4H10O/c1-2-27-15-6-3-12(4-7-15)9-14-10-13(5-8-16(14)22)21-20(26)19(25)18(24)17(11-23)28-21;1-4(2)3-5/h3-8,10,17-21,23-26H,2,9,11H2,1H3;4-5H,3H2,1-2H3/t17?,18-,19?,20-,21?;/m1./s1. The molecule has 5 N–H and O–H groups in total. The lowest BCUT2D eigenvalue weighted by Crippen LogP contribution is -2.55. The smallest absolute Gasteiger partial charge is 0.119 e. The molecule has 2 aromatic carbocycles. The lowest BCUT2D eigenvalue weighted by atomic mass is 9.90. The van der Waals surface area contributed by atoms with Crippen LogP contribution < -0.4 is 4.74 Å². The van der Waals surface area contributed by atoms with Crippen LogP contribution in [0.25, 0.3) is 0 Å². The van der Waals surface area contributed by atoms with Crippen molar-refractivity contribution in [2.45, 2.75) is 57.7 Å². The first-order chi connectivity index (χ1) is 15.7. The maximum atomic E-state index is 10.3. The van der Waals surface area contributed by atoms with Gasteiger partial charge in [-0.25, -0.2) is 0 Å². The van der Waals surface area contributed by atoms with Crippen molar-refractivity contribution in [2.24, 2.45) is 5.92 Å². The van der Waals surface area contributed by atoms with Crippen molar-refractivity contribution < 1.29 is 35.0 Å². The Labute approximate surface area is 200 Å². The Balaban J connectivity index is 0.000000696. The zero-order valence-electron chi connectivity index (χ0n) is 19.3. The van der Waals surface area contributed by atoms with Crippen LogP contribution in [0, 0.1) is 5.92 Å². The zero-order chi connectivity index (χ0) is 24.5. The van der Waals surface area contributed by atoms with Crippen LogP contribution in [0.2, 0.25) is 5.02 Å². The fraction of sp³-hybridized carbons (Fsp3) is 0.520. The summed E-state index contributed by atoms with van der Waals surface area (Å²) in [4.78, 5) is 0. The summed E-state index contributed by atoms with van der Waals surface area (Å²) in [6.45, 7) is 6.32. The average molecular weight is 483 g/mol. The van der Waals surface area contributed by atoms with Gasteiger partial charge in [-0.2, -0.15) is 0 Å². The first-order valence-electron chi connectivity index (χ1n) is 11.1. The molecule has 5 atom stereocenters. The van der Waals surface area contributed by atoms with E-state index in [1.54, 1.807) is 12.1 Å². The molecule has 8 heteroatoms. The molecule has 0 amide bonds. The zero-order valence-corrected chi connectivity index (χ0v) is 20.0. The topological polar surface area (TPSA) is 120 Å². The van der Waals surface area contributed by atoms with Gasteiger partial charge in [0.1, 0.15) is 36.3 Å². The van der Waals surface area contributed by atoms with E-state index < -0.39 is 37.1 Å². The molecule has 3 rings (SSSR count). The summed E-state index contributed by atoms with van der Waals surface area (Å²) in [5, 5.41) is 48.4. The Kier molecular flexibility index (Phi) is 11.1. The molecule has 1 fully saturated rings. The first-order valence-corrected chi connectivity index (χ1v) is 11.5. The van der Waals surface area contributed by atoms with E-state index in [2.05, 4.69) is 0 Å². The molecule has 0 aromatic heterocycles. The molecule has 0 radical (unpaired) electrons. The average Bonchev–Trinajstić information content (AvgIpc) is 2.81. The van der Waals surface area contributed by atoms with Crippen LogP contribution in [0.1, 0.15) is 43.6 Å². The highest BCUT2D eigenvalue weighted by molar-refractivity contribution is 6.31. The second-order valence-electron chi connectivity index (χ2n) is 8.43. The van der Waals surface area contributed by atoms with Gasteiger partial charge in [-0.3, -0.25) is 0 Å². The molecule has 0 spiro atoms. The van der Waals surface area contributed by atoms with Crippen LogP contribution in [0.15, 0.2) is 42.5 Å². The predicted molar refractivity (Wildman–Crippen MR) is 127 cm³/mol. The van der Waals surface area contributed by atoms with Crippen LogP contribution in [0.4, 0.5) is 0 Å². The van der Waals surface area contributed by atoms with Crippen LogP contribution in [-0.2, 0) is 11.2 Å². The minimum absolute atomic E-state index is 0.306. The molecule has 1 heterocycles. The number of hydrogen-bond donors (Lipinski definition) is 5. The van der Waals surface area contributed by atoms with Crippen molar-refractivity contribution in [3.05, 3.63) is 64.2 Å². The third-order valence-electron chi connectivity index (χ3n) is 5.28. The Morgan fingerprint density at radius 3 is 2.15 bits per heavy atom. The minimum atomic E-state index is -1.42. The summed E-state index contributed by atoms with van der Waals surface area (Å²) < 4.78 is 11.1. The van der Waals surface area contributed by atoms with Gasteiger partial charge in [0.15, 0.2) is 0 Å². The van der Waals surface area contributed by atoms with Crippen LogP contribution >= 0.6 is 11.6 Å². The van der Waals surface area contributed by atoms with Crippen LogP contribution in [-0.4, -0.2) is 69.8 Å². The highest BCUT2D eigenvalue weighted by Gasteiger charge is 2.44. The molecule has 33 heavy (non-hydrogen) atoms. The third-order valence-corrected chi connectivity index (χ3v) is 5.65. The summed E-state index contributed by atoms with van der Waals surface area (Å²) in [6, 6.07) is 12.9. The highest BCUT2D eigenvalue weighted by Crippen LogP contribution is 2.34. The Bertz CT molecular complexity index is 841. The van der Waals surface area contributed by atoms with Gasteiger partial charge in [0.25, 0.3) is 0 Å². The van der Waals surface area contributed by atoms with E-state index in [-0.39, 0.29) is 0 Å². The molecule has 0 aliphatic carbocycles. The van der Waals surface area contributed by atoms with E-state index in [0.29, 0.717) is 36.1 Å². The second-order valence-corrected chi connectivity index (χ2v) is 8.84.